The van der Waals surface area contributed by atoms with Gasteiger partial charge in [-0.15, -0.1) is 0 Å². The fourth-order valence-electron chi connectivity index (χ4n) is 2.12. The first-order valence-corrected chi connectivity index (χ1v) is 6.78. The van der Waals surface area contributed by atoms with E-state index in [1.54, 1.807) is 12.1 Å². The van der Waals surface area contributed by atoms with Crippen molar-refractivity contribution < 1.29 is 14.8 Å². The SMILES string of the molecule is O=C(Nc1cccc(O)c1)c1ccc(-n2cncn2)c([N+](=O)[O-])c1. The van der Waals surface area contributed by atoms with E-state index >= 15 is 0 Å². The second-order valence-electron chi connectivity index (χ2n) is 4.81. The molecule has 1 amide bonds. The van der Waals surface area contributed by atoms with Crippen molar-refractivity contribution in [2.24, 2.45) is 0 Å². The van der Waals surface area contributed by atoms with Gasteiger partial charge in [0.2, 0.25) is 0 Å². The van der Waals surface area contributed by atoms with Gasteiger partial charge in [-0.1, -0.05) is 6.07 Å². The van der Waals surface area contributed by atoms with Gasteiger partial charge in [0.05, 0.1) is 4.92 Å². The monoisotopic (exact) mass is 325 g/mol. The molecule has 2 N–H and O–H groups in total. The summed E-state index contributed by atoms with van der Waals surface area (Å²) in [5.41, 5.74) is 0.410. The summed E-state index contributed by atoms with van der Waals surface area (Å²) in [6.07, 6.45) is 2.58. The number of rotatable bonds is 4. The average molecular weight is 325 g/mol. The van der Waals surface area contributed by atoms with Gasteiger partial charge in [0.15, 0.2) is 0 Å². The Kier molecular flexibility index (Phi) is 3.89. The molecule has 9 heteroatoms. The molecule has 2 aromatic carbocycles. The number of carbonyl (C=O) groups is 1. The largest absolute Gasteiger partial charge is 0.508 e. The summed E-state index contributed by atoms with van der Waals surface area (Å²) in [5, 5.41) is 27.1. The van der Waals surface area contributed by atoms with Crippen LogP contribution in [0.4, 0.5) is 11.4 Å². The number of anilines is 1. The zero-order valence-electron chi connectivity index (χ0n) is 12.2. The molecule has 3 aromatic rings. The molecule has 0 unspecified atom stereocenters. The van der Waals surface area contributed by atoms with Gasteiger partial charge in [-0.05, 0) is 24.3 Å². The van der Waals surface area contributed by atoms with Gasteiger partial charge in [-0.3, -0.25) is 14.9 Å². The van der Waals surface area contributed by atoms with E-state index in [0.717, 1.165) is 6.07 Å². The van der Waals surface area contributed by atoms with Gasteiger partial charge >= 0.3 is 0 Å². The Morgan fingerprint density at radius 3 is 2.75 bits per heavy atom. The lowest BCUT2D eigenvalue weighted by Gasteiger charge is -2.07. The van der Waals surface area contributed by atoms with E-state index in [-0.39, 0.29) is 22.7 Å². The molecule has 0 atom stereocenters. The Bertz CT molecular complexity index is 908. The van der Waals surface area contributed by atoms with E-state index in [9.17, 15) is 20.0 Å². The maximum atomic E-state index is 12.2. The van der Waals surface area contributed by atoms with Crippen molar-refractivity contribution in [2.45, 2.75) is 0 Å². The van der Waals surface area contributed by atoms with Gasteiger partial charge in [0.1, 0.15) is 24.1 Å². The standard InChI is InChI=1S/C15H11N5O4/c21-12-3-1-2-11(7-12)18-15(22)10-4-5-13(14(6-10)20(23)24)19-9-16-8-17-19/h1-9,21H,(H,18,22). The molecule has 0 saturated heterocycles. The average Bonchev–Trinajstić information content (AvgIpc) is 3.08. The molecule has 0 aliphatic heterocycles. The van der Waals surface area contributed by atoms with Crippen LogP contribution < -0.4 is 5.32 Å². The topological polar surface area (TPSA) is 123 Å². The summed E-state index contributed by atoms with van der Waals surface area (Å²) in [4.78, 5) is 26.7. The van der Waals surface area contributed by atoms with Crippen LogP contribution in [-0.4, -0.2) is 30.7 Å². The third kappa shape index (κ3) is 3.04. The van der Waals surface area contributed by atoms with E-state index in [1.807, 2.05) is 0 Å². The number of phenolic OH excluding ortho intramolecular Hbond substituents is 1. The lowest BCUT2D eigenvalue weighted by molar-refractivity contribution is -0.384. The normalized spacial score (nSPS) is 10.3. The first kappa shape index (κ1) is 15.2. The van der Waals surface area contributed by atoms with E-state index in [4.69, 9.17) is 0 Å². The minimum atomic E-state index is -0.595. The molecule has 1 heterocycles. The van der Waals surface area contributed by atoms with Crippen LogP contribution in [0.25, 0.3) is 5.69 Å². The molecule has 1 aromatic heterocycles. The van der Waals surface area contributed by atoms with Crippen molar-refractivity contribution in [3.05, 3.63) is 70.8 Å². The minimum Gasteiger partial charge on any atom is -0.508 e. The molecule has 0 bridgehead atoms. The van der Waals surface area contributed by atoms with Crippen molar-refractivity contribution in [3.63, 3.8) is 0 Å². The Hall–Kier alpha value is -3.75. The highest BCUT2D eigenvalue weighted by Crippen LogP contribution is 2.24. The highest BCUT2D eigenvalue weighted by atomic mass is 16.6. The van der Waals surface area contributed by atoms with Crippen LogP contribution in [0.2, 0.25) is 0 Å². The number of hydrogen-bond donors (Lipinski definition) is 2. The number of nitro benzene ring substituents is 1. The zero-order valence-corrected chi connectivity index (χ0v) is 12.2. The molecule has 9 nitrogen and oxygen atoms in total. The molecule has 24 heavy (non-hydrogen) atoms. The van der Waals surface area contributed by atoms with E-state index in [2.05, 4.69) is 15.4 Å². The van der Waals surface area contributed by atoms with E-state index in [1.165, 1.54) is 41.6 Å². The molecule has 0 aliphatic carbocycles. The second-order valence-corrected chi connectivity index (χ2v) is 4.81. The number of benzene rings is 2. The van der Waals surface area contributed by atoms with Gasteiger partial charge in [0.25, 0.3) is 11.6 Å². The molecule has 3 rings (SSSR count). The quantitative estimate of drug-likeness (QED) is 0.559. The molecular weight excluding hydrogens is 314 g/mol. The molecular formula is C15H11N5O4. The number of carbonyl (C=O) groups excluding carboxylic acids is 1. The lowest BCUT2D eigenvalue weighted by Crippen LogP contribution is -2.13. The van der Waals surface area contributed by atoms with Crippen molar-refractivity contribution >= 4 is 17.3 Å². The smallest absolute Gasteiger partial charge is 0.295 e. The maximum absolute atomic E-state index is 12.2. The lowest BCUT2D eigenvalue weighted by atomic mass is 10.1. The maximum Gasteiger partial charge on any atom is 0.295 e. The van der Waals surface area contributed by atoms with Crippen molar-refractivity contribution in [1.29, 1.82) is 0 Å². The number of nitro groups is 1. The van der Waals surface area contributed by atoms with Gasteiger partial charge in [0, 0.05) is 23.4 Å². The number of aromatic hydroxyl groups is 1. The Morgan fingerprint density at radius 2 is 2.08 bits per heavy atom. The van der Waals surface area contributed by atoms with E-state index < -0.39 is 10.8 Å². The molecule has 120 valence electrons. The Balaban J connectivity index is 1.93. The zero-order chi connectivity index (χ0) is 17.1. The highest BCUT2D eigenvalue weighted by Gasteiger charge is 2.19. The van der Waals surface area contributed by atoms with Crippen LogP contribution in [0.15, 0.2) is 55.1 Å². The highest BCUT2D eigenvalue weighted by molar-refractivity contribution is 6.05. The van der Waals surface area contributed by atoms with Crippen LogP contribution in [0.1, 0.15) is 10.4 Å². The van der Waals surface area contributed by atoms with Crippen LogP contribution in [-0.2, 0) is 0 Å². The second kappa shape index (κ2) is 6.16. The number of nitrogens with one attached hydrogen (secondary N) is 1. The number of amides is 1. The summed E-state index contributed by atoms with van der Waals surface area (Å²) in [5.74, 6) is -0.533. The van der Waals surface area contributed by atoms with Gasteiger partial charge in [-0.2, -0.15) is 5.10 Å². The first-order valence-electron chi connectivity index (χ1n) is 6.78. The predicted molar refractivity (Wildman–Crippen MR) is 84.1 cm³/mol. The summed E-state index contributed by atoms with van der Waals surface area (Å²) in [6.45, 7) is 0. The van der Waals surface area contributed by atoms with Gasteiger partial charge < -0.3 is 10.4 Å². The van der Waals surface area contributed by atoms with E-state index in [0.29, 0.717) is 5.69 Å². The molecule has 0 spiro atoms. The Labute approximate surface area is 135 Å². The summed E-state index contributed by atoms with van der Waals surface area (Å²) in [7, 11) is 0. The first-order chi connectivity index (χ1) is 11.5. The minimum absolute atomic E-state index is 0.000288. The van der Waals surface area contributed by atoms with Crippen LogP contribution in [0.3, 0.4) is 0 Å². The number of aromatic nitrogens is 3. The molecule has 0 radical (unpaired) electrons. The summed E-state index contributed by atoms with van der Waals surface area (Å²) in [6, 6.07) is 10.0. The van der Waals surface area contributed by atoms with Gasteiger partial charge in [-0.25, -0.2) is 9.67 Å². The summed E-state index contributed by atoms with van der Waals surface area (Å²) >= 11 is 0. The van der Waals surface area contributed by atoms with Crippen LogP contribution in [0.5, 0.6) is 5.75 Å². The van der Waals surface area contributed by atoms with Crippen molar-refractivity contribution in [2.75, 3.05) is 5.32 Å². The number of hydrogen-bond acceptors (Lipinski definition) is 6. The fraction of sp³-hybridized carbons (Fsp3) is 0. The number of nitrogens with zero attached hydrogens (tertiary/aromatic N) is 4. The summed E-state index contributed by atoms with van der Waals surface area (Å²) < 4.78 is 1.25. The molecule has 0 aliphatic rings. The van der Waals surface area contributed by atoms with Crippen molar-refractivity contribution in [1.82, 2.24) is 14.8 Å². The number of phenols is 1. The third-order valence-electron chi connectivity index (χ3n) is 3.20. The fourth-order valence-corrected chi connectivity index (χ4v) is 2.12. The predicted octanol–water partition coefficient (Wildman–Crippen LogP) is 2.13. The molecule has 0 saturated carbocycles. The third-order valence-corrected chi connectivity index (χ3v) is 3.20. The Morgan fingerprint density at radius 1 is 1.25 bits per heavy atom. The van der Waals surface area contributed by atoms with Crippen LogP contribution >= 0.6 is 0 Å². The van der Waals surface area contributed by atoms with Crippen LogP contribution in [0, 0.1) is 10.1 Å². The van der Waals surface area contributed by atoms with Crippen molar-refractivity contribution in [3.8, 4) is 11.4 Å². The molecule has 0 fully saturated rings.